The van der Waals surface area contributed by atoms with Crippen LogP contribution in [0.2, 0.25) is 5.02 Å². The minimum Gasteiger partial charge on any atom is -0.488 e. The molecule has 126 valence electrons. The Balaban J connectivity index is 1.79. The van der Waals surface area contributed by atoms with Crippen LogP contribution in [0.1, 0.15) is 48.8 Å². The van der Waals surface area contributed by atoms with Crippen LogP contribution >= 0.6 is 11.6 Å². The van der Waals surface area contributed by atoms with Crippen molar-refractivity contribution in [3.05, 3.63) is 58.1 Å². The van der Waals surface area contributed by atoms with E-state index in [1.54, 1.807) is 13.0 Å². The first-order valence-corrected chi connectivity index (χ1v) is 8.67. The molecular weight excluding hydrogens is 324 g/mol. The number of carbonyl (C=O) groups excluding carboxylic acids is 1. The number of rotatable bonds is 6. The molecule has 0 N–H and O–H groups in total. The number of esters is 1. The lowest BCUT2D eigenvalue weighted by atomic mass is 10.1. The molecule has 0 heterocycles. The van der Waals surface area contributed by atoms with Crippen molar-refractivity contribution in [2.45, 2.75) is 45.6 Å². The predicted octanol–water partition coefficient (Wildman–Crippen LogP) is 5.42. The van der Waals surface area contributed by atoms with Crippen LogP contribution in [0.4, 0.5) is 0 Å². The third kappa shape index (κ3) is 3.90. The summed E-state index contributed by atoms with van der Waals surface area (Å²) in [5.74, 6) is 1.70. The Bertz CT molecular complexity index is 751. The van der Waals surface area contributed by atoms with Crippen molar-refractivity contribution in [2.24, 2.45) is 0 Å². The molecule has 2 aromatic carbocycles. The van der Waals surface area contributed by atoms with Crippen LogP contribution in [0.5, 0.6) is 11.5 Å². The van der Waals surface area contributed by atoms with E-state index in [0.29, 0.717) is 29.7 Å². The van der Waals surface area contributed by atoms with Crippen molar-refractivity contribution < 1.29 is 14.3 Å². The van der Waals surface area contributed by atoms with Gasteiger partial charge in [0, 0.05) is 17.0 Å². The molecule has 0 bridgehead atoms. The lowest BCUT2D eigenvalue weighted by molar-refractivity contribution is -0.134. The molecule has 0 saturated heterocycles. The summed E-state index contributed by atoms with van der Waals surface area (Å²) >= 11 is 6.26. The zero-order chi connectivity index (χ0) is 17.1. The zero-order valence-electron chi connectivity index (χ0n) is 14.0. The summed E-state index contributed by atoms with van der Waals surface area (Å²) in [6.07, 6.45) is 2.73. The van der Waals surface area contributed by atoms with Crippen LogP contribution in [-0.4, -0.2) is 5.97 Å². The summed E-state index contributed by atoms with van der Waals surface area (Å²) in [5.41, 5.74) is 3.14. The first kappa shape index (κ1) is 16.8. The molecule has 0 aromatic heterocycles. The molecule has 3 nitrogen and oxygen atoms in total. The Kier molecular flexibility index (Phi) is 5.10. The van der Waals surface area contributed by atoms with Crippen molar-refractivity contribution in [3.63, 3.8) is 0 Å². The Hall–Kier alpha value is -2.00. The number of halogens is 1. The van der Waals surface area contributed by atoms with Gasteiger partial charge in [-0.05, 0) is 48.9 Å². The molecule has 1 saturated carbocycles. The minimum atomic E-state index is -0.250. The maximum atomic E-state index is 11.6. The van der Waals surface area contributed by atoms with Crippen molar-refractivity contribution in [3.8, 4) is 11.5 Å². The minimum absolute atomic E-state index is 0.250. The van der Waals surface area contributed by atoms with Gasteiger partial charge in [0.15, 0.2) is 0 Å². The Morgan fingerprint density at radius 1 is 1.21 bits per heavy atom. The van der Waals surface area contributed by atoms with Gasteiger partial charge in [-0.3, -0.25) is 4.79 Å². The summed E-state index contributed by atoms with van der Waals surface area (Å²) in [6, 6.07) is 11.5. The number of hydrogen-bond donors (Lipinski definition) is 0. The highest BCUT2D eigenvalue weighted by molar-refractivity contribution is 6.31. The van der Waals surface area contributed by atoms with E-state index in [1.165, 1.54) is 18.4 Å². The van der Waals surface area contributed by atoms with E-state index in [1.807, 2.05) is 31.2 Å². The molecule has 0 spiro atoms. The van der Waals surface area contributed by atoms with E-state index in [9.17, 15) is 4.79 Å². The van der Waals surface area contributed by atoms with E-state index in [4.69, 9.17) is 21.1 Å². The van der Waals surface area contributed by atoms with Gasteiger partial charge in [0.2, 0.25) is 0 Å². The second-order valence-electron chi connectivity index (χ2n) is 6.14. The van der Waals surface area contributed by atoms with Crippen molar-refractivity contribution in [1.82, 2.24) is 0 Å². The molecule has 0 unspecified atom stereocenters. The number of aryl methyl sites for hydroxylation is 1. The van der Waals surface area contributed by atoms with Crippen LogP contribution < -0.4 is 9.47 Å². The lowest BCUT2D eigenvalue weighted by Crippen LogP contribution is -2.08. The van der Waals surface area contributed by atoms with Gasteiger partial charge in [0.1, 0.15) is 18.1 Å². The molecule has 24 heavy (non-hydrogen) atoms. The molecule has 3 rings (SSSR count). The molecular formula is C20H21ClO3. The third-order valence-electron chi connectivity index (χ3n) is 4.18. The molecule has 0 radical (unpaired) electrons. The number of benzene rings is 2. The van der Waals surface area contributed by atoms with Crippen LogP contribution in [0.25, 0.3) is 0 Å². The first-order valence-electron chi connectivity index (χ1n) is 8.30. The number of ether oxygens (including phenoxy) is 2. The summed E-state index contributed by atoms with van der Waals surface area (Å²) < 4.78 is 11.4. The number of carbonyl (C=O) groups is 1. The molecule has 1 aliphatic carbocycles. The zero-order valence-corrected chi connectivity index (χ0v) is 14.7. The van der Waals surface area contributed by atoms with Gasteiger partial charge < -0.3 is 9.47 Å². The van der Waals surface area contributed by atoms with Gasteiger partial charge in [0.25, 0.3) is 0 Å². The highest BCUT2D eigenvalue weighted by Gasteiger charge is 2.27. The van der Waals surface area contributed by atoms with Crippen molar-refractivity contribution >= 4 is 17.6 Å². The maximum absolute atomic E-state index is 11.6. The average molecular weight is 345 g/mol. The van der Waals surface area contributed by atoms with Gasteiger partial charge in [-0.2, -0.15) is 0 Å². The largest absolute Gasteiger partial charge is 0.488 e. The Morgan fingerprint density at radius 3 is 2.67 bits per heavy atom. The van der Waals surface area contributed by atoms with Gasteiger partial charge in [-0.1, -0.05) is 42.8 Å². The monoisotopic (exact) mass is 344 g/mol. The Labute approximate surface area is 147 Å². The fourth-order valence-electron chi connectivity index (χ4n) is 2.60. The standard InChI is InChI=1S/C20H21ClO3/c1-3-20(22)24-18-7-5-4-6-15(18)12-23-19-11-17(21)13(2)10-16(19)14-8-9-14/h4-7,10-11,14H,3,8-9,12H2,1-2H3. The topological polar surface area (TPSA) is 35.5 Å². The molecule has 1 aliphatic rings. The molecule has 0 atom stereocenters. The second kappa shape index (κ2) is 7.27. The summed E-state index contributed by atoms with van der Waals surface area (Å²) in [5, 5.41) is 0.708. The molecule has 0 aliphatic heterocycles. The maximum Gasteiger partial charge on any atom is 0.310 e. The van der Waals surface area contributed by atoms with Gasteiger partial charge in [-0.15, -0.1) is 0 Å². The lowest BCUT2D eigenvalue weighted by Gasteiger charge is -2.15. The van der Waals surface area contributed by atoms with Crippen LogP contribution in [0.15, 0.2) is 36.4 Å². The van der Waals surface area contributed by atoms with E-state index < -0.39 is 0 Å². The molecule has 2 aromatic rings. The third-order valence-corrected chi connectivity index (χ3v) is 4.58. The fraction of sp³-hybridized carbons (Fsp3) is 0.350. The average Bonchev–Trinajstić information content (AvgIpc) is 3.41. The number of hydrogen-bond acceptors (Lipinski definition) is 3. The van der Waals surface area contributed by atoms with Gasteiger partial charge in [0.05, 0.1) is 0 Å². The van der Waals surface area contributed by atoms with Crippen molar-refractivity contribution in [2.75, 3.05) is 0 Å². The highest BCUT2D eigenvalue weighted by Crippen LogP contribution is 2.46. The SMILES string of the molecule is CCC(=O)Oc1ccccc1COc1cc(Cl)c(C)cc1C1CC1. The fourth-order valence-corrected chi connectivity index (χ4v) is 2.75. The van der Waals surface area contributed by atoms with Crippen molar-refractivity contribution in [1.29, 1.82) is 0 Å². The van der Waals surface area contributed by atoms with Gasteiger partial charge in [-0.25, -0.2) is 0 Å². The van der Waals surface area contributed by atoms with Crippen LogP contribution in [0.3, 0.4) is 0 Å². The second-order valence-corrected chi connectivity index (χ2v) is 6.54. The van der Waals surface area contributed by atoms with E-state index >= 15 is 0 Å². The Morgan fingerprint density at radius 2 is 1.96 bits per heavy atom. The van der Waals surface area contributed by atoms with Crippen LogP contribution in [-0.2, 0) is 11.4 Å². The predicted molar refractivity (Wildman–Crippen MR) is 94.9 cm³/mol. The summed E-state index contributed by atoms with van der Waals surface area (Å²) in [7, 11) is 0. The first-order chi connectivity index (χ1) is 11.6. The van der Waals surface area contributed by atoms with E-state index in [2.05, 4.69) is 6.07 Å². The van der Waals surface area contributed by atoms with Gasteiger partial charge >= 0.3 is 5.97 Å². The van der Waals surface area contributed by atoms with E-state index in [-0.39, 0.29) is 5.97 Å². The normalized spacial score (nSPS) is 13.6. The molecule has 1 fully saturated rings. The summed E-state index contributed by atoms with van der Waals surface area (Å²) in [4.78, 5) is 11.6. The quantitative estimate of drug-likeness (QED) is 0.518. The van der Waals surface area contributed by atoms with Crippen LogP contribution in [0, 0.1) is 6.92 Å². The van der Waals surface area contributed by atoms with E-state index in [0.717, 1.165) is 16.9 Å². The summed E-state index contributed by atoms with van der Waals surface area (Å²) in [6.45, 7) is 4.13. The highest BCUT2D eigenvalue weighted by atomic mass is 35.5. The smallest absolute Gasteiger partial charge is 0.310 e. The molecule has 0 amide bonds. The molecule has 4 heteroatoms. The number of para-hydroxylation sites is 1.